The van der Waals surface area contributed by atoms with Crippen molar-refractivity contribution < 1.29 is 18.9 Å². The van der Waals surface area contributed by atoms with E-state index >= 15 is 0 Å². The van der Waals surface area contributed by atoms with Gasteiger partial charge in [0, 0.05) is 11.0 Å². The van der Waals surface area contributed by atoms with Crippen LogP contribution in [0.5, 0.6) is 11.5 Å². The van der Waals surface area contributed by atoms with Gasteiger partial charge in [0.2, 0.25) is 0 Å². The normalized spacial score (nSPS) is 26.2. The molecule has 0 N–H and O–H groups in total. The molecule has 3 aliphatic heterocycles. The summed E-state index contributed by atoms with van der Waals surface area (Å²) in [6, 6.07) is 20.7. The summed E-state index contributed by atoms with van der Waals surface area (Å²) < 4.78 is 24.3. The molecule has 1 atom stereocenters. The van der Waals surface area contributed by atoms with E-state index in [0.717, 1.165) is 40.7 Å². The molecule has 0 aliphatic carbocycles. The third-order valence-electron chi connectivity index (χ3n) is 6.92. The highest BCUT2D eigenvalue weighted by molar-refractivity contribution is 5.84. The van der Waals surface area contributed by atoms with Gasteiger partial charge in [0.05, 0.1) is 19.8 Å². The highest BCUT2D eigenvalue weighted by atomic mass is 16.9. The van der Waals surface area contributed by atoms with Crippen LogP contribution in [0, 0.1) is 5.41 Å². The fraction of sp³-hybridized carbons (Fsp3) is 0.407. The molecule has 3 saturated heterocycles. The molecular weight excluding hydrogens is 388 g/mol. The van der Waals surface area contributed by atoms with Crippen molar-refractivity contribution in [2.45, 2.75) is 45.5 Å². The quantitative estimate of drug-likeness (QED) is 0.445. The molecule has 3 aromatic rings. The molecule has 0 spiro atoms. The van der Waals surface area contributed by atoms with Crippen LogP contribution in [0.3, 0.4) is 0 Å². The lowest BCUT2D eigenvalue weighted by Gasteiger charge is -2.51. The summed E-state index contributed by atoms with van der Waals surface area (Å²) in [5.41, 5.74) is 2.24. The molecule has 4 heteroatoms. The van der Waals surface area contributed by atoms with Gasteiger partial charge in [-0.25, -0.2) is 0 Å². The van der Waals surface area contributed by atoms with E-state index in [1.165, 1.54) is 5.56 Å². The Morgan fingerprint density at radius 2 is 1.42 bits per heavy atom. The Morgan fingerprint density at radius 3 is 2.06 bits per heavy atom. The van der Waals surface area contributed by atoms with E-state index in [1.54, 1.807) is 0 Å². The van der Waals surface area contributed by atoms with Gasteiger partial charge in [-0.2, -0.15) is 0 Å². The van der Waals surface area contributed by atoms with E-state index in [1.807, 2.05) is 24.3 Å². The molecule has 0 aromatic heterocycles. The lowest BCUT2D eigenvalue weighted by Crippen LogP contribution is -2.58. The zero-order valence-corrected chi connectivity index (χ0v) is 18.5. The van der Waals surface area contributed by atoms with Gasteiger partial charge in [0.15, 0.2) is 0 Å². The van der Waals surface area contributed by atoms with Gasteiger partial charge in [-0.1, -0.05) is 51.1 Å². The second kappa shape index (κ2) is 7.94. The Labute approximate surface area is 184 Å². The van der Waals surface area contributed by atoms with Crippen molar-refractivity contribution in [2.24, 2.45) is 5.41 Å². The lowest BCUT2D eigenvalue weighted by atomic mass is 9.85. The zero-order chi connectivity index (χ0) is 21.5. The predicted octanol–water partition coefficient (Wildman–Crippen LogP) is 6.73. The Morgan fingerprint density at radius 1 is 0.806 bits per heavy atom. The first-order valence-corrected chi connectivity index (χ1v) is 11.3. The molecule has 0 amide bonds. The second-order valence-corrected chi connectivity index (χ2v) is 8.98. The first kappa shape index (κ1) is 20.5. The van der Waals surface area contributed by atoms with Crippen LogP contribution in [-0.2, 0) is 20.2 Å². The van der Waals surface area contributed by atoms with Crippen LogP contribution in [0.25, 0.3) is 10.8 Å². The Bertz CT molecular complexity index is 1050. The van der Waals surface area contributed by atoms with Crippen molar-refractivity contribution in [3.8, 4) is 11.5 Å². The van der Waals surface area contributed by atoms with Gasteiger partial charge in [-0.05, 0) is 65.4 Å². The minimum absolute atomic E-state index is 0.00236. The molecule has 3 aliphatic rings. The minimum atomic E-state index is -1.07. The summed E-state index contributed by atoms with van der Waals surface area (Å²) in [4.78, 5) is 0. The van der Waals surface area contributed by atoms with Crippen molar-refractivity contribution >= 4 is 10.8 Å². The smallest absolute Gasteiger partial charge is 0.312 e. The molecule has 0 saturated carbocycles. The molecule has 31 heavy (non-hydrogen) atoms. The number of rotatable bonds is 6. The monoisotopic (exact) mass is 418 g/mol. The summed E-state index contributed by atoms with van der Waals surface area (Å²) in [5, 5.41) is 2.20. The maximum atomic E-state index is 6.10. The van der Waals surface area contributed by atoms with Gasteiger partial charge < -0.3 is 18.9 Å². The molecule has 1 unspecified atom stereocenters. The highest BCUT2D eigenvalue weighted by Crippen LogP contribution is 2.46. The molecular formula is C27H30O4. The summed E-state index contributed by atoms with van der Waals surface area (Å²) in [6.45, 7) is 8.62. The van der Waals surface area contributed by atoms with E-state index in [9.17, 15) is 0 Å². The van der Waals surface area contributed by atoms with Crippen molar-refractivity contribution in [1.82, 2.24) is 0 Å². The molecule has 4 nitrogen and oxygen atoms in total. The Hall–Kier alpha value is -2.40. The topological polar surface area (TPSA) is 36.9 Å². The average Bonchev–Trinajstić information content (AvgIpc) is 2.85. The SMILES string of the molecule is CCC(C)c1ccc(Oc2ccc3cc(C45OCC(CC)(CO4)CO5)ccc3c2)cc1. The van der Waals surface area contributed by atoms with Crippen molar-refractivity contribution in [3.63, 3.8) is 0 Å². The average molecular weight is 419 g/mol. The van der Waals surface area contributed by atoms with E-state index in [-0.39, 0.29) is 5.41 Å². The van der Waals surface area contributed by atoms with Crippen LogP contribution in [0.4, 0.5) is 0 Å². The third kappa shape index (κ3) is 3.73. The number of fused-ring (bicyclic) bond motifs is 4. The predicted molar refractivity (Wildman–Crippen MR) is 121 cm³/mol. The maximum Gasteiger partial charge on any atom is 0.312 e. The summed E-state index contributed by atoms with van der Waals surface area (Å²) in [6.07, 6.45) is 2.12. The number of ether oxygens (including phenoxy) is 4. The van der Waals surface area contributed by atoms with Crippen molar-refractivity contribution in [1.29, 1.82) is 0 Å². The maximum absolute atomic E-state index is 6.10. The molecule has 3 fully saturated rings. The number of hydrogen-bond donors (Lipinski definition) is 0. The fourth-order valence-electron chi connectivity index (χ4n) is 4.26. The van der Waals surface area contributed by atoms with Crippen LogP contribution in [-0.4, -0.2) is 19.8 Å². The zero-order valence-electron chi connectivity index (χ0n) is 18.5. The standard InChI is InChI=1S/C27H30O4/c1-4-19(3)20-7-11-24(12-8-20)31-25-13-9-21-14-23(10-6-22(21)15-25)27-28-16-26(5-2,17-29-27)18-30-27/h6-15,19H,4-5,16-18H2,1-3H3. The molecule has 6 rings (SSSR count). The number of benzene rings is 3. The summed E-state index contributed by atoms with van der Waals surface area (Å²) >= 11 is 0. The summed E-state index contributed by atoms with van der Waals surface area (Å²) in [7, 11) is 0. The van der Waals surface area contributed by atoms with Crippen LogP contribution in [0.2, 0.25) is 0 Å². The van der Waals surface area contributed by atoms with Crippen molar-refractivity contribution in [3.05, 3.63) is 71.8 Å². The van der Waals surface area contributed by atoms with Gasteiger partial charge in [-0.3, -0.25) is 0 Å². The van der Waals surface area contributed by atoms with Gasteiger partial charge in [0.1, 0.15) is 11.5 Å². The van der Waals surface area contributed by atoms with E-state index in [0.29, 0.717) is 25.7 Å². The second-order valence-electron chi connectivity index (χ2n) is 8.98. The van der Waals surface area contributed by atoms with Crippen LogP contribution in [0.1, 0.15) is 50.7 Å². The minimum Gasteiger partial charge on any atom is -0.457 e. The van der Waals surface area contributed by atoms with Crippen LogP contribution in [0.15, 0.2) is 60.7 Å². The first-order valence-electron chi connectivity index (χ1n) is 11.3. The largest absolute Gasteiger partial charge is 0.457 e. The van der Waals surface area contributed by atoms with E-state index in [2.05, 4.69) is 57.2 Å². The van der Waals surface area contributed by atoms with Gasteiger partial charge >= 0.3 is 5.97 Å². The third-order valence-corrected chi connectivity index (χ3v) is 6.92. The molecule has 3 aromatic carbocycles. The highest BCUT2D eigenvalue weighted by Gasteiger charge is 2.52. The van der Waals surface area contributed by atoms with Gasteiger partial charge in [-0.15, -0.1) is 0 Å². The molecule has 2 bridgehead atoms. The van der Waals surface area contributed by atoms with Crippen LogP contribution < -0.4 is 4.74 Å². The Kier molecular flexibility index (Phi) is 5.25. The van der Waals surface area contributed by atoms with E-state index in [4.69, 9.17) is 18.9 Å². The first-order chi connectivity index (χ1) is 15.0. The van der Waals surface area contributed by atoms with Gasteiger partial charge in [0.25, 0.3) is 0 Å². The Balaban J connectivity index is 1.35. The molecule has 3 heterocycles. The molecule has 0 radical (unpaired) electrons. The van der Waals surface area contributed by atoms with Crippen molar-refractivity contribution in [2.75, 3.05) is 19.8 Å². The van der Waals surface area contributed by atoms with E-state index < -0.39 is 5.97 Å². The van der Waals surface area contributed by atoms with Crippen LogP contribution >= 0.6 is 0 Å². The fourth-order valence-corrected chi connectivity index (χ4v) is 4.26. The summed E-state index contributed by atoms with van der Waals surface area (Å²) in [5.74, 6) is 1.16. The lowest BCUT2D eigenvalue weighted by molar-refractivity contribution is -0.480. The number of hydrogen-bond acceptors (Lipinski definition) is 4. The molecule has 162 valence electrons.